The van der Waals surface area contributed by atoms with Gasteiger partial charge in [0.25, 0.3) is 0 Å². The van der Waals surface area contributed by atoms with Crippen LogP contribution in [-0.4, -0.2) is 16.3 Å². The van der Waals surface area contributed by atoms with Crippen molar-refractivity contribution in [2.75, 3.05) is 0 Å². The zero-order chi connectivity index (χ0) is 10.4. The minimum Gasteiger partial charge on any atom is -0.375 e. The number of hydrogen-bond donors (Lipinski definition) is 3. The Kier molecular flexibility index (Phi) is 3.96. The first kappa shape index (κ1) is 10.6. The summed E-state index contributed by atoms with van der Waals surface area (Å²) in [4.78, 5) is 4.09. The van der Waals surface area contributed by atoms with Gasteiger partial charge in [0.05, 0.1) is 11.9 Å². The van der Waals surface area contributed by atoms with Crippen molar-refractivity contribution in [3.05, 3.63) is 29.6 Å². The molecule has 0 saturated heterocycles. The smallest absolute Gasteiger partial charge is 0.184 e. The maximum Gasteiger partial charge on any atom is 0.184 e. The number of hydrogen-bond acceptors (Lipinski definition) is 4. The highest BCUT2D eigenvalue weighted by molar-refractivity contribution is 7.80. The number of rotatable bonds is 3. The van der Waals surface area contributed by atoms with Gasteiger partial charge in [-0.2, -0.15) is 5.10 Å². The van der Waals surface area contributed by atoms with E-state index in [4.69, 9.17) is 11.5 Å². The standard InChI is InChI=1S/C8H11N5S/c9-3-6-1-2-7(11-4-6)5-12-13-8(10)14/h1-2,4-5H,3,9H2,(H3,10,13,14)/b12-5+. The van der Waals surface area contributed by atoms with Crippen molar-refractivity contribution in [2.24, 2.45) is 16.6 Å². The van der Waals surface area contributed by atoms with Crippen LogP contribution in [0.3, 0.4) is 0 Å². The van der Waals surface area contributed by atoms with Gasteiger partial charge in [-0.15, -0.1) is 0 Å². The molecule has 6 heteroatoms. The average molecular weight is 209 g/mol. The van der Waals surface area contributed by atoms with Crippen molar-refractivity contribution in [1.82, 2.24) is 10.4 Å². The molecule has 1 rings (SSSR count). The van der Waals surface area contributed by atoms with Crippen LogP contribution in [0.4, 0.5) is 0 Å². The van der Waals surface area contributed by atoms with E-state index < -0.39 is 0 Å². The van der Waals surface area contributed by atoms with E-state index in [1.165, 1.54) is 6.21 Å². The Bertz CT molecular complexity index is 332. The Hall–Kier alpha value is -1.53. The molecule has 0 aliphatic carbocycles. The van der Waals surface area contributed by atoms with Crippen LogP contribution in [-0.2, 0) is 6.54 Å². The number of nitrogens with one attached hydrogen (secondary N) is 1. The molecule has 0 fully saturated rings. The van der Waals surface area contributed by atoms with Gasteiger partial charge in [-0.25, -0.2) is 0 Å². The molecule has 0 bridgehead atoms. The summed E-state index contributed by atoms with van der Waals surface area (Å²) in [5.41, 5.74) is 14.7. The molecular formula is C8H11N5S. The van der Waals surface area contributed by atoms with Gasteiger partial charge in [0.15, 0.2) is 5.11 Å². The van der Waals surface area contributed by atoms with Gasteiger partial charge in [-0.1, -0.05) is 6.07 Å². The highest BCUT2D eigenvalue weighted by atomic mass is 32.1. The molecule has 1 aromatic rings. The number of thiocarbonyl (C=S) groups is 1. The van der Waals surface area contributed by atoms with Crippen LogP contribution in [0.2, 0.25) is 0 Å². The fraction of sp³-hybridized carbons (Fsp3) is 0.125. The lowest BCUT2D eigenvalue weighted by molar-refractivity contribution is 1.03. The lowest BCUT2D eigenvalue weighted by Gasteiger charge is -1.96. The van der Waals surface area contributed by atoms with Crippen LogP contribution in [0.15, 0.2) is 23.4 Å². The lowest BCUT2D eigenvalue weighted by atomic mass is 10.2. The summed E-state index contributed by atoms with van der Waals surface area (Å²) in [7, 11) is 0. The molecule has 0 aliphatic rings. The minimum absolute atomic E-state index is 0.125. The van der Waals surface area contributed by atoms with Crippen LogP contribution in [0, 0.1) is 0 Å². The largest absolute Gasteiger partial charge is 0.375 e. The first-order chi connectivity index (χ1) is 6.72. The Morgan fingerprint density at radius 2 is 2.43 bits per heavy atom. The van der Waals surface area contributed by atoms with Gasteiger partial charge in [0.2, 0.25) is 0 Å². The highest BCUT2D eigenvalue weighted by Crippen LogP contribution is 1.96. The van der Waals surface area contributed by atoms with Gasteiger partial charge in [-0.3, -0.25) is 10.4 Å². The number of pyridine rings is 1. The third kappa shape index (κ3) is 3.46. The van der Waals surface area contributed by atoms with Gasteiger partial charge in [-0.05, 0) is 23.8 Å². The van der Waals surface area contributed by atoms with E-state index in [-0.39, 0.29) is 5.11 Å². The van der Waals surface area contributed by atoms with Crippen LogP contribution < -0.4 is 16.9 Å². The molecule has 1 aromatic heterocycles. The molecule has 0 saturated carbocycles. The van der Waals surface area contributed by atoms with E-state index in [2.05, 4.69) is 27.7 Å². The van der Waals surface area contributed by atoms with E-state index in [1.807, 2.05) is 12.1 Å². The highest BCUT2D eigenvalue weighted by Gasteiger charge is 1.90. The lowest BCUT2D eigenvalue weighted by Crippen LogP contribution is -2.24. The zero-order valence-corrected chi connectivity index (χ0v) is 8.29. The average Bonchev–Trinajstić information content (AvgIpc) is 2.18. The fourth-order valence-corrected chi connectivity index (χ4v) is 0.848. The molecule has 74 valence electrons. The second-order valence-electron chi connectivity index (χ2n) is 2.53. The molecular weight excluding hydrogens is 198 g/mol. The maximum atomic E-state index is 5.42. The van der Waals surface area contributed by atoms with E-state index >= 15 is 0 Å². The number of nitrogens with zero attached hydrogens (tertiary/aromatic N) is 2. The molecule has 5 nitrogen and oxygen atoms in total. The summed E-state index contributed by atoms with van der Waals surface area (Å²) in [6.07, 6.45) is 3.22. The molecule has 0 aromatic carbocycles. The van der Waals surface area contributed by atoms with Crippen molar-refractivity contribution in [3.63, 3.8) is 0 Å². The fourth-order valence-electron chi connectivity index (χ4n) is 0.795. The number of aromatic nitrogens is 1. The van der Waals surface area contributed by atoms with Crippen LogP contribution in [0.1, 0.15) is 11.3 Å². The van der Waals surface area contributed by atoms with Gasteiger partial charge in [0.1, 0.15) is 0 Å². The Morgan fingerprint density at radius 3 is 2.93 bits per heavy atom. The molecule has 0 spiro atoms. The number of hydrazone groups is 1. The van der Waals surface area contributed by atoms with E-state index in [1.54, 1.807) is 6.20 Å². The Labute approximate surface area is 87.2 Å². The molecule has 0 radical (unpaired) electrons. The zero-order valence-electron chi connectivity index (χ0n) is 7.47. The SMILES string of the molecule is NCc1ccc(/C=N/NC(N)=S)nc1. The van der Waals surface area contributed by atoms with Crippen molar-refractivity contribution < 1.29 is 0 Å². The van der Waals surface area contributed by atoms with Crippen LogP contribution in [0.25, 0.3) is 0 Å². The summed E-state index contributed by atoms with van der Waals surface area (Å²) in [5.74, 6) is 0. The first-order valence-corrected chi connectivity index (χ1v) is 4.36. The van der Waals surface area contributed by atoms with Crippen molar-refractivity contribution in [2.45, 2.75) is 6.54 Å². The summed E-state index contributed by atoms with van der Waals surface area (Å²) in [6, 6.07) is 3.70. The summed E-state index contributed by atoms with van der Waals surface area (Å²) < 4.78 is 0. The summed E-state index contributed by atoms with van der Waals surface area (Å²) in [6.45, 7) is 0.482. The van der Waals surface area contributed by atoms with E-state index in [0.717, 1.165) is 5.56 Å². The predicted octanol–water partition coefficient (Wildman–Crippen LogP) is -0.293. The molecule has 1 heterocycles. The third-order valence-electron chi connectivity index (χ3n) is 1.45. The molecule has 5 N–H and O–H groups in total. The normalized spacial score (nSPS) is 10.4. The van der Waals surface area contributed by atoms with Crippen LogP contribution >= 0.6 is 12.2 Å². The topological polar surface area (TPSA) is 89.3 Å². The second-order valence-corrected chi connectivity index (χ2v) is 2.97. The molecule has 14 heavy (non-hydrogen) atoms. The first-order valence-electron chi connectivity index (χ1n) is 3.96. The minimum atomic E-state index is 0.125. The quantitative estimate of drug-likeness (QED) is 0.361. The van der Waals surface area contributed by atoms with Gasteiger partial charge < -0.3 is 11.5 Å². The second kappa shape index (κ2) is 5.25. The van der Waals surface area contributed by atoms with Gasteiger partial charge >= 0.3 is 0 Å². The number of nitrogens with two attached hydrogens (primary N) is 2. The molecule has 0 atom stereocenters. The third-order valence-corrected chi connectivity index (χ3v) is 1.55. The van der Waals surface area contributed by atoms with E-state index in [0.29, 0.717) is 12.2 Å². The Balaban J connectivity index is 2.59. The molecule has 0 aliphatic heterocycles. The molecule has 0 unspecified atom stereocenters. The van der Waals surface area contributed by atoms with Crippen molar-refractivity contribution >= 4 is 23.5 Å². The van der Waals surface area contributed by atoms with E-state index in [9.17, 15) is 0 Å². The van der Waals surface area contributed by atoms with Crippen LogP contribution in [0.5, 0.6) is 0 Å². The Morgan fingerprint density at radius 1 is 1.64 bits per heavy atom. The monoisotopic (exact) mass is 209 g/mol. The molecule has 0 amide bonds. The van der Waals surface area contributed by atoms with Gasteiger partial charge in [0, 0.05) is 12.7 Å². The van der Waals surface area contributed by atoms with Crippen molar-refractivity contribution in [1.29, 1.82) is 0 Å². The maximum absolute atomic E-state index is 5.42. The summed E-state index contributed by atoms with van der Waals surface area (Å²) >= 11 is 4.57. The predicted molar refractivity (Wildman–Crippen MR) is 59.6 cm³/mol. The summed E-state index contributed by atoms with van der Waals surface area (Å²) in [5, 5.41) is 3.89. The van der Waals surface area contributed by atoms with Crippen molar-refractivity contribution in [3.8, 4) is 0 Å².